The van der Waals surface area contributed by atoms with Crippen molar-refractivity contribution in [1.82, 2.24) is 9.55 Å². The molecule has 35 heavy (non-hydrogen) atoms. The summed E-state index contributed by atoms with van der Waals surface area (Å²) in [6.07, 6.45) is 2.48. The van der Waals surface area contributed by atoms with Crippen LogP contribution in [0.1, 0.15) is 50.2 Å². The van der Waals surface area contributed by atoms with Crippen molar-refractivity contribution in [3.8, 4) is 11.5 Å². The van der Waals surface area contributed by atoms with Crippen LogP contribution in [-0.2, 0) is 30.8 Å². The Morgan fingerprint density at radius 3 is 2.51 bits per heavy atom. The Labute approximate surface area is 215 Å². The van der Waals surface area contributed by atoms with E-state index in [-0.39, 0.29) is 0 Å². The smallest absolute Gasteiger partial charge is 0.162 e. The molecule has 0 aliphatic heterocycles. The third kappa shape index (κ3) is 5.76. The highest BCUT2D eigenvalue weighted by Gasteiger charge is 2.20. The number of aldehydes is 1. The van der Waals surface area contributed by atoms with Gasteiger partial charge in [0, 0.05) is 16.5 Å². The Bertz CT molecular complexity index is 1340. The second-order valence-electron chi connectivity index (χ2n) is 9.12. The number of rotatable bonds is 10. The van der Waals surface area contributed by atoms with Gasteiger partial charge in [0.05, 0.1) is 17.6 Å². The van der Waals surface area contributed by atoms with Crippen molar-refractivity contribution in [1.29, 1.82) is 0 Å². The van der Waals surface area contributed by atoms with E-state index in [0.29, 0.717) is 13.2 Å². The van der Waals surface area contributed by atoms with Gasteiger partial charge < -0.3 is 14.0 Å². The molecule has 0 aliphatic rings. The highest BCUT2D eigenvalue weighted by molar-refractivity contribution is 9.10. The summed E-state index contributed by atoms with van der Waals surface area (Å²) >= 11 is 3.55. The Balaban J connectivity index is 1.55. The number of hydrogen-bond acceptors (Lipinski definition) is 4. The van der Waals surface area contributed by atoms with Gasteiger partial charge in [-0.1, -0.05) is 54.0 Å². The minimum Gasteiger partial charge on any atom is -0.489 e. The number of aromatic nitrogens is 2. The van der Waals surface area contributed by atoms with Gasteiger partial charge in [-0.3, -0.25) is 4.79 Å². The molecule has 182 valence electrons. The summed E-state index contributed by atoms with van der Waals surface area (Å²) in [6, 6.07) is 20.4. The molecule has 0 N–H and O–H groups in total. The van der Waals surface area contributed by atoms with Crippen molar-refractivity contribution in [2.24, 2.45) is 0 Å². The van der Waals surface area contributed by atoms with Gasteiger partial charge in [0.25, 0.3) is 0 Å². The molecule has 3 aromatic carbocycles. The molecule has 0 saturated carbocycles. The molecule has 6 heteroatoms. The Morgan fingerprint density at radius 2 is 1.77 bits per heavy atom. The number of imidazole rings is 1. The second-order valence-corrected chi connectivity index (χ2v) is 10.0. The van der Waals surface area contributed by atoms with Gasteiger partial charge in [-0.15, -0.1) is 0 Å². The van der Waals surface area contributed by atoms with E-state index in [4.69, 9.17) is 14.5 Å². The summed E-state index contributed by atoms with van der Waals surface area (Å²) in [4.78, 5) is 16.1. The lowest BCUT2D eigenvalue weighted by atomic mass is 10.1. The van der Waals surface area contributed by atoms with Crippen molar-refractivity contribution >= 4 is 33.2 Å². The van der Waals surface area contributed by atoms with Gasteiger partial charge in [-0.2, -0.15) is 0 Å². The summed E-state index contributed by atoms with van der Waals surface area (Å²) in [5.74, 6) is 2.64. The Hall–Kier alpha value is -3.12. The average Bonchev–Trinajstić information content (AvgIpc) is 3.20. The lowest BCUT2D eigenvalue weighted by Crippen LogP contribution is -2.30. The molecule has 0 spiro atoms. The van der Waals surface area contributed by atoms with E-state index >= 15 is 0 Å². The number of aryl methyl sites for hydroxylation is 2. The van der Waals surface area contributed by atoms with Crippen LogP contribution in [0.3, 0.4) is 0 Å². The highest BCUT2D eigenvalue weighted by Crippen LogP contribution is 2.28. The number of hydrogen-bond donors (Lipinski definition) is 0. The molecule has 0 saturated heterocycles. The molecule has 4 aromatic rings. The van der Waals surface area contributed by atoms with Crippen LogP contribution in [0.2, 0.25) is 0 Å². The maximum Gasteiger partial charge on any atom is 0.162 e. The van der Waals surface area contributed by atoms with Gasteiger partial charge in [0.15, 0.2) is 11.9 Å². The van der Waals surface area contributed by atoms with Crippen LogP contribution in [0, 0.1) is 0 Å². The number of nitrogens with zero attached hydrogens (tertiary/aromatic N) is 2. The van der Waals surface area contributed by atoms with E-state index in [1.165, 1.54) is 0 Å². The topological polar surface area (TPSA) is 53.4 Å². The van der Waals surface area contributed by atoms with Gasteiger partial charge in [-0.25, -0.2) is 4.98 Å². The SMILES string of the molecule is CCc1cc(COc2ccccc2Cn2c(CC)nc3cc(Br)ccc32)ccc1OC(C)(C)C=O. The second kappa shape index (κ2) is 10.6. The molecule has 4 rings (SSSR count). The number of para-hydroxylation sites is 1. The van der Waals surface area contributed by atoms with Crippen LogP contribution in [0.5, 0.6) is 11.5 Å². The average molecular weight is 535 g/mol. The fraction of sp³-hybridized carbons (Fsp3) is 0.310. The van der Waals surface area contributed by atoms with E-state index in [1.807, 2.05) is 30.3 Å². The number of ether oxygens (including phenoxy) is 2. The van der Waals surface area contributed by atoms with Gasteiger partial charge in [0.1, 0.15) is 23.9 Å². The van der Waals surface area contributed by atoms with Crippen LogP contribution in [0.15, 0.2) is 65.1 Å². The first-order valence-corrected chi connectivity index (χ1v) is 12.7. The molecule has 0 bridgehead atoms. The maximum absolute atomic E-state index is 11.3. The zero-order chi connectivity index (χ0) is 25.0. The fourth-order valence-corrected chi connectivity index (χ4v) is 4.46. The van der Waals surface area contributed by atoms with E-state index in [9.17, 15) is 4.79 Å². The normalized spacial score (nSPS) is 11.6. The predicted octanol–water partition coefficient (Wildman–Crippen LogP) is 6.91. The minimum absolute atomic E-state index is 0.444. The summed E-state index contributed by atoms with van der Waals surface area (Å²) in [5.41, 5.74) is 4.46. The Kier molecular flexibility index (Phi) is 7.60. The van der Waals surface area contributed by atoms with E-state index in [1.54, 1.807) is 13.8 Å². The Morgan fingerprint density at radius 1 is 0.971 bits per heavy atom. The zero-order valence-corrected chi connectivity index (χ0v) is 22.3. The lowest BCUT2D eigenvalue weighted by molar-refractivity contribution is -0.119. The standard InChI is InChI=1S/C29H31BrN2O3/c1-5-21-15-20(11-14-27(21)35-29(3,4)19-33)18-34-26-10-8-7-9-22(26)17-32-25-13-12-23(30)16-24(25)31-28(32)6-2/h7-16,19H,5-6,17-18H2,1-4H3. The van der Waals surface area contributed by atoms with Crippen LogP contribution < -0.4 is 9.47 Å². The molecule has 0 unspecified atom stereocenters. The van der Waals surface area contributed by atoms with Gasteiger partial charge in [-0.05, 0) is 67.8 Å². The molecule has 0 amide bonds. The molecule has 0 fully saturated rings. The van der Waals surface area contributed by atoms with Crippen molar-refractivity contribution < 1.29 is 14.3 Å². The van der Waals surface area contributed by atoms with Crippen LogP contribution in [0.4, 0.5) is 0 Å². The molecule has 1 heterocycles. The van der Waals surface area contributed by atoms with Crippen LogP contribution in [0.25, 0.3) is 11.0 Å². The van der Waals surface area contributed by atoms with Crippen LogP contribution >= 0.6 is 15.9 Å². The summed E-state index contributed by atoms with van der Waals surface area (Å²) < 4.78 is 15.5. The van der Waals surface area contributed by atoms with E-state index < -0.39 is 5.60 Å². The molecular formula is C29H31BrN2O3. The van der Waals surface area contributed by atoms with Crippen molar-refractivity contribution in [3.05, 3.63) is 87.7 Å². The van der Waals surface area contributed by atoms with Crippen LogP contribution in [-0.4, -0.2) is 21.4 Å². The lowest BCUT2D eigenvalue weighted by Gasteiger charge is -2.22. The number of benzene rings is 3. The molecule has 1 aromatic heterocycles. The van der Waals surface area contributed by atoms with Crippen molar-refractivity contribution in [3.63, 3.8) is 0 Å². The number of carbonyl (C=O) groups is 1. The van der Waals surface area contributed by atoms with Gasteiger partial charge >= 0.3 is 0 Å². The quantitative estimate of drug-likeness (QED) is 0.207. The predicted molar refractivity (Wildman–Crippen MR) is 143 cm³/mol. The van der Waals surface area contributed by atoms with Gasteiger partial charge in [0.2, 0.25) is 0 Å². The maximum atomic E-state index is 11.3. The molecule has 5 nitrogen and oxygen atoms in total. The number of carbonyl (C=O) groups excluding carboxylic acids is 1. The molecular weight excluding hydrogens is 504 g/mol. The van der Waals surface area contributed by atoms with E-state index in [2.05, 4.69) is 64.7 Å². The van der Waals surface area contributed by atoms with Crippen molar-refractivity contribution in [2.75, 3.05) is 0 Å². The third-order valence-electron chi connectivity index (χ3n) is 5.96. The number of fused-ring (bicyclic) bond motifs is 1. The largest absolute Gasteiger partial charge is 0.489 e. The third-order valence-corrected chi connectivity index (χ3v) is 6.46. The van der Waals surface area contributed by atoms with E-state index in [0.717, 1.165) is 68.6 Å². The molecule has 0 radical (unpaired) electrons. The summed E-state index contributed by atoms with van der Waals surface area (Å²) in [6.45, 7) is 8.86. The molecule has 0 atom stereocenters. The van der Waals surface area contributed by atoms with Crippen molar-refractivity contribution in [2.45, 2.75) is 59.3 Å². The summed E-state index contributed by atoms with van der Waals surface area (Å²) in [5, 5.41) is 0. The number of halogens is 1. The molecule has 0 aliphatic carbocycles. The fourth-order valence-electron chi connectivity index (χ4n) is 4.11. The first-order valence-electron chi connectivity index (χ1n) is 12.0. The first kappa shape index (κ1) is 25.0. The summed E-state index contributed by atoms with van der Waals surface area (Å²) in [7, 11) is 0. The monoisotopic (exact) mass is 534 g/mol. The first-order chi connectivity index (χ1) is 16.8. The zero-order valence-electron chi connectivity index (χ0n) is 20.7. The highest BCUT2D eigenvalue weighted by atomic mass is 79.9. The minimum atomic E-state index is -0.855.